The maximum absolute atomic E-state index is 11.8. The predicted molar refractivity (Wildman–Crippen MR) is 66.2 cm³/mol. The summed E-state index contributed by atoms with van der Waals surface area (Å²) >= 11 is 0. The number of aryl methyl sites for hydroxylation is 1. The lowest BCUT2D eigenvalue weighted by atomic mass is 10.1. The molecule has 6 nitrogen and oxygen atoms in total. The lowest BCUT2D eigenvalue weighted by Crippen LogP contribution is -2.09. The SMILES string of the molecule is Cc1ccc2c(c1)c(=O)ccn2Cc1nn[nH]n1. The minimum absolute atomic E-state index is 0.0260. The van der Waals surface area contributed by atoms with Gasteiger partial charge in [0.1, 0.15) is 0 Å². The molecule has 0 fully saturated rings. The summed E-state index contributed by atoms with van der Waals surface area (Å²) < 4.78 is 1.93. The van der Waals surface area contributed by atoms with Gasteiger partial charge >= 0.3 is 0 Å². The Bertz CT molecular complexity index is 745. The molecule has 1 N–H and O–H groups in total. The second kappa shape index (κ2) is 4.06. The molecule has 1 aromatic carbocycles. The van der Waals surface area contributed by atoms with Gasteiger partial charge in [-0.25, -0.2) is 0 Å². The van der Waals surface area contributed by atoms with Gasteiger partial charge in [0.05, 0.1) is 12.1 Å². The molecular weight excluding hydrogens is 230 g/mol. The molecule has 0 bridgehead atoms. The lowest BCUT2D eigenvalue weighted by molar-refractivity contribution is 0.767. The molecule has 0 aliphatic rings. The number of rotatable bonds is 2. The molecule has 90 valence electrons. The predicted octanol–water partition coefficient (Wildman–Crippen LogP) is 0.871. The van der Waals surface area contributed by atoms with E-state index in [0.717, 1.165) is 11.1 Å². The van der Waals surface area contributed by atoms with Crippen molar-refractivity contribution in [2.45, 2.75) is 13.5 Å². The van der Waals surface area contributed by atoms with E-state index in [4.69, 9.17) is 0 Å². The smallest absolute Gasteiger partial charge is 0.194 e. The van der Waals surface area contributed by atoms with E-state index in [-0.39, 0.29) is 5.43 Å². The van der Waals surface area contributed by atoms with Gasteiger partial charge in [-0.3, -0.25) is 4.79 Å². The molecule has 0 aliphatic carbocycles. The molecule has 2 heterocycles. The van der Waals surface area contributed by atoms with Crippen molar-refractivity contribution in [2.24, 2.45) is 0 Å². The van der Waals surface area contributed by atoms with E-state index in [2.05, 4.69) is 20.6 Å². The van der Waals surface area contributed by atoms with E-state index in [9.17, 15) is 4.79 Å². The maximum Gasteiger partial charge on any atom is 0.194 e. The van der Waals surface area contributed by atoms with Crippen molar-refractivity contribution >= 4 is 10.9 Å². The van der Waals surface area contributed by atoms with Crippen LogP contribution in [-0.2, 0) is 6.54 Å². The van der Waals surface area contributed by atoms with Gasteiger partial charge in [0.2, 0.25) is 0 Å². The van der Waals surface area contributed by atoms with Crippen molar-refractivity contribution in [3.8, 4) is 0 Å². The van der Waals surface area contributed by atoms with Crippen molar-refractivity contribution in [3.05, 3.63) is 52.1 Å². The van der Waals surface area contributed by atoms with Gasteiger partial charge in [0.15, 0.2) is 11.3 Å². The summed E-state index contributed by atoms with van der Waals surface area (Å²) in [6.45, 7) is 2.45. The van der Waals surface area contributed by atoms with Gasteiger partial charge in [0.25, 0.3) is 0 Å². The fourth-order valence-electron chi connectivity index (χ4n) is 1.97. The van der Waals surface area contributed by atoms with Crippen LogP contribution in [0.4, 0.5) is 0 Å². The average molecular weight is 241 g/mol. The molecular formula is C12H11N5O. The molecule has 0 spiro atoms. The second-order valence-electron chi connectivity index (χ2n) is 4.16. The van der Waals surface area contributed by atoms with E-state index in [1.165, 1.54) is 0 Å². The first kappa shape index (κ1) is 10.6. The minimum Gasteiger partial charge on any atom is -0.339 e. The highest BCUT2D eigenvalue weighted by Crippen LogP contribution is 2.12. The van der Waals surface area contributed by atoms with Crippen LogP contribution < -0.4 is 5.43 Å². The Labute approximate surface area is 102 Å². The number of fused-ring (bicyclic) bond motifs is 1. The van der Waals surface area contributed by atoms with E-state index < -0.39 is 0 Å². The molecule has 2 aromatic heterocycles. The van der Waals surface area contributed by atoms with E-state index in [1.807, 2.05) is 29.7 Å². The van der Waals surface area contributed by atoms with Gasteiger partial charge in [-0.05, 0) is 19.1 Å². The summed E-state index contributed by atoms with van der Waals surface area (Å²) in [6.07, 6.45) is 1.75. The molecule has 18 heavy (non-hydrogen) atoms. The summed E-state index contributed by atoms with van der Waals surface area (Å²) in [5.41, 5.74) is 1.97. The van der Waals surface area contributed by atoms with Crippen LogP contribution in [0.15, 0.2) is 35.3 Å². The van der Waals surface area contributed by atoms with Crippen molar-refractivity contribution in [1.82, 2.24) is 25.2 Å². The summed E-state index contributed by atoms with van der Waals surface area (Å²) in [5.74, 6) is 0.584. The number of aromatic nitrogens is 5. The van der Waals surface area contributed by atoms with Crippen LogP contribution in [0, 0.1) is 6.92 Å². The van der Waals surface area contributed by atoms with Crippen LogP contribution in [0.2, 0.25) is 0 Å². The van der Waals surface area contributed by atoms with Crippen LogP contribution in [0.1, 0.15) is 11.4 Å². The highest BCUT2D eigenvalue weighted by Gasteiger charge is 2.05. The average Bonchev–Trinajstić information content (AvgIpc) is 2.86. The largest absolute Gasteiger partial charge is 0.339 e. The van der Waals surface area contributed by atoms with Crippen molar-refractivity contribution in [3.63, 3.8) is 0 Å². The first-order chi connectivity index (χ1) is 8.74. The van der Waals surface area contributed by atoms with Crippen molar-refractivity contribution < 1.29 is 0 Å². The van der Waals surface area contributed by atoms with Crippen molar-refractivity contribution in [2.75, 3.05) is 0 Å². The Morgan fingerprint density at radius 2 is 2.22 bits per heavy atom. The molecule has 0 saturated heterocycles. The van der Waals surface area contributed by atoms with Crippen LogP contribution in [-0.4, -0.2) is 25.2 Å². The number of aromatic amines is 1. The molecule has 0 atom stereocenters. The molecule has 0 amide bonds. The van der Waals surface area contributed by atoms with Crippen LogP contribution in [0.25, 0.3) is 10.9 Å². The maximum atomic E-state index is 11.8. The fourth-order valence-corrected chi connectivity index (χ4v) is 1.97. The number of tetrazole rings is 1. The first-order valence-corrected chi connectivity index (χ1v) is 5.56. The summed E-state index contributed by atoms with van der Waals surface area (Å²) in [7, 11) is 0. The summed E-state index contributed by atoms with van der Waals surface area (Å²) in [6, 6.07) is 7.37. The van der Waals surface area contributed by atoms with E-state index in [0.29, 0.717) is 17.8 Å². The Hall–Kier alpha value is -2.50. The molecule has 0 unspecified atom stereocenters. The molecule has 0 radical (unpaired) electrons. The molecule has 0 saturated carbocycles. The van der Waals surface area contributed by atoms with Crippen LogP contribution in [0.3, 0.4) is 0 Å². The van der Waals surface area contributed by atoms with E-state index >= 15 is 0 Å². The number of H-pyrrole nitrogens is 1. The molecule has 6 heteroatoms. The number of hydrogen-bond acceptors (Lipinski definition) is 4. The van der Waals surface area contributed by atoms with Gasteiger partial charge in [-0.2, -0.15) is 5.21 Å². The quantitative estimate of drug-likeness (QED) is 0.722. The molecule has 0 aliphatic heterocycles. The number of hydrogen-bond donors (Lipinski definition) is 1. The Morgan fingerprint density at radius 1 is 1.33 bits per heavy atom. The van der Waals surface area contributed by atoms with Crippen LogP contribution in [0.5, 0.6) is 0 Å². The summed E-state index contributed by atoms with van der Waals surface area (Å²) in [5, 5.41) is 14.5. The number of nitrogens with one attached hydrogen (secondary N) is 1. The second-order valence-corrected chi connectivity index (χ2v) is 4.16. The Balaban J connectivity index is 2.18. The topological polar surface area (TPSA) is 76.5 Å². The zero-order chi connectivity index (χ0) is 12.5. The highest BCUT2D eigenvalue weighted by molar-refractivity contribution is 5.79. The fraction of sp³-hybridized carbons (Fsp3) is 0.167. The zero-order valence-electron chi connectivity index (χ0n) is 9.79. The number of pyridine rings is 1. The van der Waals surface area contributed by atoms with Gasteiger partial charge < -0.3 is 4.57 Å². The number of benzene rings is 1. The normalized spacial score (nSPS) is 10.9. The van der Waals surface area contributed by atoms with E-state index in [1.54, 1.807) is 12.3 Å². The van der Waals surface area contributed by atoms with Gasteiger partial charge in [-0.1, -0.05) is 16.8 Å². The molecule has 3 aromatic rings. The number of nitrogens with zero attached hydrogens (tertiary/aromatic N) is 4. The van der Waals surface area contributed by atoms with Crippen molar-refractivity contribution in [1.29, 1.82) is 0 Å². The molecule has 3 rings (SSSR count). The van der Waals surface area contributed by atoms with Gasteiger partial charge in [-0.15, -0.1) is 10.2 Å². The summed E-state index contributed by atoms with van der Waals surface area (Å²) in [4.78, 5) is 11.8. The standard InChI is InChI=1S/C12H11N5O/c1-8-2-3-10-9(6-8)11(18)4-5-17(10)7-12-13-15-16-14-12/h2-6H,7H2,1H3,(H,13,14,15,16). The van der Waals surface area contributed by atoms with Gasteiger partial charge in [0, 0.05) is 17.6 Å². The minimum atomic E-state index is 0.0260. The highest BCUT2D eigenvalue weighted by atomic mass is 16.1. The third kappa shape index (κ3) is 1.77. The third-order valence-corrected chi connectivity index (χ3v) is 2.83. The lowest BCUT2D eigenvalue weighted by Gasteiger charge is -2.08. The zero-order valence-corrected chi connectivity index (χ0v) is 9.79. The first-order valence-electron chi connectivity index (χ1n) is 5.56. The Kier molecular flexibility index (Phi) is 2.40. The third-order valence-electron chi connectivity index (χ3n) is 2.83. The van der Waals surface area contributed by atoms with Crippen LogP contribution >= 0.6 is 0 Å². The Morgan fingerprint density at radius 3 is 3.00 bits per heavy atom. The monoisotopic (exact) mass is 241 g/mol.